The van der Waals surface area contributed by atoms with E-state index in [4.69, 9.17) is 18.7 Å². The molecule has 2 aromatic rings. The van der Waals surface area contributed by atoms with Crippen LogP contribution in [0.2, 0.25) is 0 Å². The van der Waals surface area contributed by atoms with E-state index in [1.165, 1.54) is 20.8 Å². The second kappa shape index (κ2) is 11.5. The van der Waals surface area contributed by atoms with E-state index in [0.717, 1.165) is 16.8 Å². The molecule has 1 aliphatic heterocycles. The minimum atomic E-state index is -3.99. The predicted molar refractivity (Wildman–Crippen MR) is 134 cm³/mol. The molecule has 0 spiro atoms. The van der Waals surface area contributed by atoms with Gasteiger partial charge < -0.3 is 23.8 Å². The van der Waals surface area contributed by atoms with Crippen molar-refractivity contribution in [2.45, 2.75) is 65.0 Å². The zero-order valence-corrected chi connectivity index (χ0v) is 22.6. The first-order chi connectivity index (χ1) is 17.7. The predicted octanol–water partition coefficient (Wildman–Crippen LogP) is 2.29. The van der Waals surface area contributed by atoms with Crippen LogP contribution in [-0.4, -0.2) is 57.7 Å². The van der Waals surface area contributed by atoms with Crippen molar-refractivity contribution >= 4 is 13.5 Å². The molecule has 3 rings (SSSR count). The second-order valence-electron chi connectivity index (χ2n) is 9.89. The summed E-state index contributed by atoms with van der Waals surface area (Å²) in [5, 5.41) is 13.4. The first kappa shape index (κ1) is 29.7. The van der Waals surface area contributed by atoms with Crippen molar-refractivity contribution in [1.82, 2.24) is 14.6 Å². The van der Waals surface area contributed by atoms with Gasteiger partial charge in [0.25, 0.3) is 11.4 Å². The average molecular weight is 558 g/mol. The Kier molecular flexibility index (Phi) is 9.00. The number of benzene rings is 1. The molecular formula is C24H33FN3O9P. The molecule has 0 bridgehead atoms. The quantitative estimate of drug-likeness (QED) is 0.277. The Morgan fingerprint density at radius 2 is 1.89 bits per heavy atom. The van der Waals surface area contributed by atoms with Crippen LogP contribution in [0.15, 0.2) is 52.2 Å². The molecule has 14 heteroatoms. The molecule has 1 saturated heterocycles. The van der Waals surface area contributed by atoms with Crippen LogP contribution in [0.25, 0.3) is 0 Å². The average Bonchev–Trinajstić information content (AvgIpc) is 2.99. The van der Waals surface area contributed by atoms with Crippen LogP contribution in [0, 0.1) is 5.41 Å². The van der Waals surface area contributed by atoms with E-state index < -0.39 is 73.4 Å². The van der Waals surface area contributed by atoms with Gasteiger partial charge in [-0.15, -0.1) is 0 Å². The Morgan fingerprint density at radius 3 is 2.50 bits per heavy atom. The van der Waals surface area contributed by atoms with Gasteiger partial charge in [0.05, 0.1) is 6.10 Å². The number of carbonyl (C=O) groups is 1. The van der Waals surface area contributed by atoms with Gasteiger partial charge in [0.2, 0.25) is 0 Å². The zero-order valence-electron chi connectivity index (χ0n) is 21.8. The van der Waals surface area contributed by atoms with Gasteiger partial charge in [-0.05, 0) is 32.9 Å². The molecule has 1 aliphatic rings. The van der Waals surface area contributed by atoms with Crippen LogP contribution < -0.4 is 20.9 Å². The molecule has 0 saturated carbocycles. The molecule has 3 N–H and O–H groups in total. The van der Waals surface area contributed by atoms with Crippen LogP contribution in [0.1, 0.15) is 40.8 Å². The van der Waals surface area contributed by atoms with Crippen molar-refractivity contribution in [2.75, 3.05) is 13.0 Å². The summed E-state index contributed by atoms with van der Waals surface area (Å²) in [4.78, 5) is 38.0. The largest absolute Gasteiger partial charge is 0.462 e. The van der Waals surface area contributed by atoms with Gasteiger partial charge in [0.15, 0.2) is 0 Å². The van der Waals surface area contributed by atoms with Crippen LogP contribution in [0.5, 0.6) is 5.75 Å². The normalized spacial score (nSPS) is 25.1. The smallest absolute Gasteiger partial charge is 0.342 e. The maximum absolute atomic E-state index is 15.9. The summed E-state index contributed by atoms with van der Waals surface area (Å²) >= 11 is 0. The Bertz CT molecular complexity index is 1280. The van der Waals surface area contributed by atoms with E-state index in [-0.39, 0.29) is 5.75 Å². The number of hydrogen-bond donors (Lipinski definition) is 3. The summed E-state index contributed by atoms with van der Waals surface area (Å²) in [5.74, 6) is -3.28. The third-order valence-corrected chi connectivity index (χ3v) is 7.62. The molecule has 0 unspecified atom stereocenters. The van der Waals surface area contributed by atoms with Crippen LogP contribution in [0.3, 0.4) is 0 Å². The van der Waals surface area contributed by atoms with Crippen molar-refractivity contribution < 1.29 is 37.6 Å². The fourth-order valence-corrected chi connectivity index (χ4v) is 5.63. The molecule has 1 aromatic heterocycles. The molecule has 0 radical (unpaired) electrons. The summed E-state index contributed by atoms with van der Waals surface area (Å²) in [6.07, 6.45) is -3.05. The van der Waals surface area contributed by atoms with Gasteiger partial charge in [-0.25, -0.2) is 14.3 Å². The summed E-state index contributed by atoms with van der Waals surface area (Å²) < 4.78 is 52.1. The lowest BCUT2D eigenvalue weighted by molar-refractivity contribution is -0.213. The van der Waals surface area contributed by atoms with Gasteiger partial charge in [-0.3, -0.25) is 23.7 Å². The van der Waals surface area contributed by atoms with E-state index in [1.807, 2.05) is 0 Å². The van der Waals surface area contributed by atoms with E-state index in [0.29, 0.717) is 0 Å². The number of H-pyrrole nitrogens is 1. The maximum atomic E-state index is 15.9. The topological polar surface area (TPSA) is 158 Å². The van der Waals surface area contributed by atoms with E-state index in [9.17, 15) is 24.1 Å². The lowest BCUT2D eigenvalue weighted by Crippen LogP contribution is -2.45. The zero-order chi connectivity index (χ0) is 28.3. The number of nitrogens with zero attached hydrogens (tertiary/aromatic N) is 1. The Labute approximate surface area is 218 Å². The SMILES string of the molecule is CC(C)OC(=O)[C@H](C)N[P@](=O)(COC[C@@]1(F)O[C@H](n2ccc(=O)[nH]c2=O)C(C)(C)[C@@H]1O)Oc1ccccc1. The number of aromatic nitrogens is 2. The number of aromatic amines is 1. The molecule has 12 nitrogen and oxygen atoms in total. The van der Waals surface area contributed by atoms with Gasteiger partial charge in [-0.1, -0.05) is 32.0 Å². The molecule has 1 aromatic carbocycles. The lowest BCUT2D eigenvalue weighted by Gasteiger charge is -2.29. The first-order valence-electron chi connectivity index (χ1n) is 11.9. The number of para-hydroxylation sites is 1. The molecular weight excluding hydrogens is 524 g/mol. The number of esters is 1. The summed E-state index contributed by atoms with van der Waals surface area (Å²) in [6, 6.07) is 8.12. The number of aliphatic hydroxyl groups is 1. The third-order valence-electron chi connectivity index (χ3n) is 5.81. The molecule has 0 amide bonds. The number of nitrogens with one attached hydrogen (secondary N) is 2. The number of halogens is 1. The Balaban J connectivity index is 1.77. The van der Waals surface area contributed by atoms with Crippen molar-refractivity contribution in [3.63, 3.8) is 0 Å². The second-order valence-corrected chi connectivity index (χ2v) is 11.9. The van der Waals surface area contributed by atoms with E-state index in [1.54, 1.807) is 44.2 Å². The van der Waals surface area contributed by atoms with Crippen molar-refractivity contribution in [2.24, 2.45) is 5.41 Å². The maximum Gasteiger partial charge on any atom is 0.342 e. The molecule has 5 atom stereocenters. The van der Waals surface area contributed by atoms with Crippen molar-refractivity contribution in [1.29, 1.82) is 0 Å². The molecule has 38 heavy (non-hydrogen) atoms. The first-order valence-corrected chi connectivity index (χ1v) is 13.7. The third kappa shape index (κ3) is 6.78. The van der Waals surface area contributed by atoms with Gasteiger partial charge in [-0.2, -0.15) is 0 Å². The highest BCUT2D eigenvalue weighted by molar-refractivity contribution is 7.57. The standard InChI is InChI=1S/C24H33FN3O9P/c1-15(2)35-19(30)16(3)27-38(33,37-17-9-7-6-8-10-17)14-34-13-24(25)20(31)23(4,5)21(36-24)28-12-11-18(29)26-22(28)32/h6-12,15-16,20-21,31H,13-14H2,1-5H3,(H,27,33)(H,26,29,32)/t16-,20-,21-,24+,38-/m0/s1. The molecule has 1 fully saturated rings. The molecule has 210 valence electrons. The monoisotopic (exact) mass is 557 g/mol. The highest BCUT2D eigenvalue weighted by Crippen LogP contribution is 2.51. The fraction of sp³-hybridized carbons (Fsp3) is 0.542. The number of carbonyl (C=O) groups excluding carboxylic acids is 1. The minimum Gasteiger partial charge on any atom is -0.462 e. The number of aliphatic hydroxyl groups excluding tert-OH is 1. The minimum absolute atomic E-state index is 0.210. The van der Waals surface area contributed by atoms with Crippen LogP contribution in [-0.2, 0) is 23.6 Å². The highest BCUT2D eigenvalue weighted by Gasteiger charge is 2.61. The van der Waals surface area contributed by atoms with E-state index >= 15 is 4.39 Å². The van der Waals surface area contributed by atoms with E-state index in [2.05, 4.69) is 10.1 Å². The summed E-state index contributed by atoms with van der Waals surface area (Å²) in [6.45, 7) is 6.83. The Hall–Kier alpha value is -2.83. The number of alkyl halides is 1. The highest BCUT2D eigenvalue weighted by atomic mass is 31.2. The van der Waals surface area contributed by atoms with Crippen LogP contribution in [0.4, 0.5) is 4.39 Å². The van der Waals surface area contributed by atoms with Gasteiger partial charge >= 0.3 is 19.2 Å². The number of rotatable bonds is 11. The van der Waals surface area contributed by atoms with Crippen molar-refractivity contribution in [3.8, 4) is 5.75 Å². The summed E-state index contributed by atoms with van der Waals surface area (Å²) in [7, 11) is -3.99. The Morgan fingerprint density at radius 1 is 1.24 bits per heavy atom. The molecule has 0 aliphatic carbocycles. The van der Waals surface area contributed by atoms with Gasteiger partial charge in [0, 0.05) is 17.7 Å². The number of ether oxygens (including phenoxy) is 3. The number of hydrogen-bond acceptors (Lipinski definition) is 9. The van der Waals surface area contributed by atoms with Crippen LogP contribution >= 0.6 is 7.52 Å². The van der Waals surface area contributed by atoms with Crippen molar-refractivity contribution in [3.05, 3.63) is 63.4 Å². The summed E-state index contributed by atoms with van der Waals surface area (Å²) in [5.41, 5.74) is -2.83. The fourth-order valence-electron chi connectivity index (χ4n) is 3.96. The molecule has 2 heterocycles. The van der Waals surface area contributed by atoms with Gasteiger partial charge in [0.1, 0.15) is 37.1 Å². The lowest BCUT2D eigenvalue weighted by atomic mass is 9.84.